The van der Waals surface area contributed by atoms with Gasteiger partial charge in [-0.15, -0.1) is 11.3 Å². The van der Waals surface area contributed by atoms with Crippen LogP contribution in [0.25, 0.3) is 0 Å². The molecular weight excluding hydrogens is 406 g/mol. The van der Waals surface area contributed by atoms with Crippen LogP contribution in [0.4, 0.5) is 5.13 Å². The van der Waals surface area contributed by atoms with Crippen LogP contribution in [0.3, 0.4) is 0 Å². The Morgan fingerprint density at radius 3 is 2.59 bits per heavy atom. The summed E-state index contributed by atoms with van der Waals surface area (Å²) in [6, 6.07) is 15.3. The predicted molar refractivity (Wildman–Crippen MR) is 113 cm³/mol. The molecule has 1 aromatic heterocycles. The fraction of sp³-hybridized carbons (Fsp3) is 0.190. The van der Waals surface area contributed by atoms with E-state index in [2.05, 4.69) is 16.4 Å². The van der Waals surface area contributed by atoms with Gasteiger partial charge in [-0.05, 0) is 55.8 Å². The number of hydrogen-bond donors (Lipinski definition) is 1. The van der Waals surface area contributed by atoms with E-state index >= 15 is 0 Å². The monoisotopic (exact) mass is 425 g/mol. The minimum absolute atomic E-state index is 0.195. The van der Waals surface area contributed by atoms with E-state index in [4.69, 9.17) is 5.26 Å². The van der Waals surface area contributed by atoms with E-state index in [-0.39, 0.29) is 10.8 Å². The van der Waals surface area contributed by atoms with Crippen molar-refractivity contribution in [1.29, 1.82) is 5.26 Å². The lowest BCUT2D eigenvalue weighted by Gasteiger charge is -2.08. The second kappa shape index (κ2) is 8.55. The van der Waals surface area contributed by atoms with Crippen molar-refractivity contribution < 1.29 is 13.2 Å². The van der Waals surface area contributed by atoms with E-state index in [0.29, 0.717) is 22.7 Å². The summed E-state index contributed by atoms with van der Waals surface area (Å²) in [5.41, 5.74) is 1.95. The Kier molecular flexibility index (Phi) is 6.11. The number of nitriles is 1. The van der Waals surface area contributed by atoms with Crippen molar-refractivity contribution in [1.82, 2.24) is 4.98 Å². The number of sulfone groups is 1. The van der Waals surface area contributed by atoms with Crippen molar-refractivity contribution in [3.05, 3.63) is 76.3 Å². The first-order chi connectivity index (χ1) is 13.8. The second-order valence-electron chi connectivity index (χ2n) is 6.69. The third kappa shape index (κ3) is 4.88. The highest BCUT2D eigenvalue weighted by Crippen LogP contribution is 2.23. The highest BCUT2D eigenvalue weighted by atomic mass is 32.2. The second-order valence-corrected chi connectivity index (χ2v) is 10.3. The van der Waals surface area contributed by atoms with E-state index < -0.39 is 15.1 Å². The molecule has 3 rings (SSSR count). The SMILES string of the molecule is CC(C)S(=O)(=O)c1ccc(C(=O)Nc2ncc(Cc3cccc(C#N)c3)s2)cc1. The molecule has 1 amide bonds. The van der Waals surface area contributed by atoms with Crippen LogP contribution in [-0.2, 0) is 16.3 Å². The van der Waals surface area contributed by atoms with Crippen LogP contribution >= 0.6 is 11.3 Å². The molecule has 0 aliphatic rings. The number of aromatic nitrogens is 1. The average molecular weight is 426 g/mol. The molecule has 0 saturated heterocycles. The van der Waals surface area contributed by atoms with E-state index in [9.17, 15) is 13.2 Å². The Morgan fingerprint density at radius 2 is 1.93 bits per heavy atom. The Bertz CT molecular complexity index is 1170. The van der Waals surface area contributed by atoms with Gasteiger partial charge in [0.25, 0.3) is 5.91 Å². The quantitative estimate of drug-likeness (QED) is 0.642. The van der Waals surface area contributed by atoms with E-state index in [1.54, 1.807) is 26.1 Å². The number of hydrogen-bond acceptors (Lipinski definition) is 6. The number of amides is 1. The summed E-state index contributed by atoms with van der Waals surface area (Å²) in [5, 5.41) is 11.7. The molecule has 0 bridgehead atoms. The Hall–Kier alpha value is -3.02. The fourth-order valence-electron chi connectivity index (χ4n) is 2.64. The summed E-state index contributed by atoms with van der Waals surface area (Å²) >= 11 is 1.35. The van der Waals surface area contributed by atoms with Crippen LogP contribution in [0.1, 0.15) is 40.2 Å². The molecule has 1 N–H and O–H groups in total. The molecule has 29 heavy (non-hydrogen) atoms. The van der Waals surface area contributed by atoms with Gasteiger partial charge in [-0.3, -0.25) is 10.1 Å². The molecule has 0 aliphatic carbocycles. The van der Waals surface area contributed by atoms with E-state index in [1.165, 1.54) is 35.6 Å². The van der Waals surface area contributed by atoms with E-state index in [0.717, 1.165) is 10.4 Å². The van der Waals surface area contributed by atoms with Crippen molar-refractivity contribution in [3.63, 3.8) is 0 Å². The Labute approximate surface area is 173 Å². The van der Waals surface area contributed by atoms with Gasteiger partial charge in [0.2, 0.25) is 0 Å². The molecule has 6 nitrogen and oxygen atoms in total. The lowest BCUT2D eigenvalue weighted by Crippen LogP contribution is -2.15. The van der Waals surface area contributed by atoms with Gasteiger partial charge in [0.1, 0.15) is 0 Å². The first-order valence-corrected chi connectivity index (χ1v) is 11.2. The molecule has 0 aliphatic heterocycles. The van der Waals surface area contributed by atoms with Crippen LogP contribution in [0.2, 0.25) is 0 Å². The molecule has 3 aromatic rings. The van der Waals surface area contributed by atoms with Crippen molar-refractivity contribution in [2.45, 2.75) is 30.4 Å². The first kappa shape index (κ1) is 20.7. The number of carbonyl (C=O) groups is 1. The first-order valence-electron chi connectivity index (χ1n) is 8.88. The highest BCUT2D eigenvalue weighted by molar-refractivity contribution is 7.92. The van der Waals surface area contributed by atoms with Crippen molar-refractivity contribution in [3.8, 4) is 6.07 Å². The molecule has 2 aromatic carbocycles. The number of nitrogens with one attached hydrogen (secondary N) is 1. The lowest BCUT2D eigenvalue weighted by atomic mass is 10.1. The van der Waals surface area contributed by atoms with Crippen molar-refractivity contribution >= 4 is 32.2 Å². The third-order valence-electron chi connectivity index (χ3n) is 4.27. The molecule has 0 fully saturated rings. The lowest BCUT2D eigenvalue weighted by molar-refractivity contribution is 0.102. The Morgan fingerprint density at radius 1 is 1.21 bits per heavy atom. The van der Waals surface area contributed by atoms with Gasteiger partial charge in [-0.25, -0.2) is 13.4 Å². The number of nitrogens with zero attached hydrogens (tertiary/aromatic N) is 2. The number of benzene rings is 2. The molecule has 0 radical (unpaired) electrons. The molecule has 0 saturated carbocycles. The molecule has 0 atom stereocenters. The molecule has 0 unspecified atom stereocenters. The predicted octanol–water partition coefficient (Wildman–Crippen LogP) is 4.04. The topological polar surface area (TPSA) is 99.9 Å². The zero-order valence-electron chi connectivity index (χ0n) is 15.9. The van der Waals surface area contributed by atoms with Crippen molar-refractivity contribution in [2.24, 2.45) is 0 Å². The van der Waals surface area contributed by atoms with Gasteiger partial charge in [-0.2, -0.15) is 5.26 Å². The van der Waals surface area contributed by atoms with Gasteiger partial charge < -0.3 is 0 Å². The number of rotatable bonds is 6. The molecule has 148 valence electrons. The molecular formula is C21H19N3O3S2. The summed E-state index contributed by atoms with van der Waals surface area (Å²) in [5.74, 6) is -0.356. The minimum Gasteiger partial charge on any atom is -0.298 e. The summed E-state index contributed by atoms with van der Waals surface area (Å²) < 4.78 is 24.3. The standard InChI is InChI=1S/C21H19N3O3S2/c1-14(2)29(26,27)19-8-6-17(7-9-19)20(25)24-21-23-13-18(28-21)11-15-4-3-5-16(10-15)12-22/h3-10,13-14H,11H2,1-2H3,(H,23,24,25). The maximum Gasteiger partial charge on any atom is 0.257 e. The summed E-state index contributed by atoms with van der Waals surface area (Å²) in [6.07, 6.45) is 2.31. The van der Waals surface area contributed by atoms with E-state index in [1.807, 2.05) is 18.2 Å². The average Bonchev–Trinajstić information content (AvgIpc) is 3.14. The smallest absolute Gasteiger partial charge is 0.257 e. The van der Waals surface area contributed by atoms with Crippen LogP contribution in [0, 0.1) is 11.3 Å². The molecule has 1 heterocycles. The van der Waals surface area contributed by atoms with Crippen LogP contribution in [-0.4, -0.2) is 24.6 Å². The molecule has 0 spiro atoms. The largest absolute Gasteiger partial charge is 0.298 e. The number of thiazole rings is 1. The van der Waals surface area contributed by atoms with Gasteiger partial charge in [-0.1, -0.05) is 12.1 Å². The maximum atomic E-state index is 12.4. The minimum atomic E-state index is -3.37. The summed E-state index contributed by atoms with van der Waals surface area (Å²) in [7, 11) is -3.37. The van der Waals surface area contributed by atoms with Gasteiger partial charge in [0.15, 0.2) is 15.0 Å². The van der Waals surface area contributed by atoms with Crippen LogP contribution in [0.5, 0.6) is 0 Å². The van der Waals surface area contributed by atoms with Gasteiger partial charge >= 0.3 is 0 Å². The fourth-order valence-corrected chi connectivity index (χ4v) is 4.54. The zero-order valence-corrected chi connectivity index (χ0v) is 17.5. The summed E-state index contributed by atoms with van der Waals surface area (Å²) in [4.78, 5) is 17.8. The number of carbonyl (C=O) groups excluding carboxylic acids is 1. The Balaban J connectivity index is 1.68. The third-order valence-corrected chi connectivity index (χ3v) is 7.36. The summed E-state index contributed by atoms with van der Waals surface area (Å²) in [6.45, 7) is 3.24. The van der Waals surface area contributed by atoms with Gasteiger partial charge in [0.05, 0.1) is 21.8 Å². The zero-order chi connectivity index (χ0) is 21.0. The van der Waals surface area contributed by atoms with Crippen LogP contribution in [0.15, 0.2) is 59.6 Å². The van der Waals surface area contributed by atoms with Crippen molar-refractivity contribution in [2.75, 3.05) is 5.32 Å². The maximum absolute atomic E-state index is 12.4. The highest BCUT2D eigenvalue weighted by Gasteiger charge is 2.19. The van der Waals surface area contributed by atoms with Gasteiger partial charge in [0, 0.05) is 23.1 Å². The molecule has 8 heteroatoms. The number of anilines is 1. The van der Waals surface area contributed by atoms with Crippen LogP contribution < -0.4 is 5.32 Å². The normalized spacial score (nSPS) is 11.2.